The van der Waals surface area contributed by atoms with E-state index in [2.05, 4.69) is 0 Å². The molecule has 0 aromatic heterocycles. The van der Waals surface area contributed by atoms with Gasteiger partial charge in [0.05, 0.1) is 0 Å². The first-order valence-corrected chi connectivity index (χ1v) is 10.0. The van der Waals surface area contributed by atoms with Crippen molar-refractivity contribution in [3.05, 3.63) is 0 Å². The third-order valence-corrected chi connectivity index (χ3v) is 4.41. The molecule has 0 heterocycles. The van der Waals surface area contributed by atoms with Crippen molar-refractivity contribution in [3.8, 4) is 0 Å². The number of carbonyl (C=O) groups is 3. The smallest absolute Gasteiger partial charge is 0.323 e. The van der Waals surface area contributed by atoms with Crippen molar-refractivity contribution in [1.82, 2.24) is 0 Å². The van der Waals surface area contributed by atoms with Gasteiger partial charge in [-0.3, -0.25) is 14.4 Å². The summed E-state index contributed by atoms with van der Waals surface area (Å²) in [5, 5.41) is 0. The highest BCUT2D eigenvalue weighted by Crippen LogP contribution is 2.35. The monoisotopic (exact) mass is 399 g/mol. The molecule has 0 fully saturated rings. The molecule has 0 aromatic rings. The van der Waals surface area contributed by atoms with Crippen LogP contribution < -0.4 is 5.73 Å². The number of esters is 2. The van der Waals surface area contributed by atoms with Crippen LogP contribution in [-0.4, -0.2) is 35.0 Å². The molecule has 0 bridgehead atoms. The van der Waals surface area contributed by atoms with Crippen LogP contribution in [0.1, 0.15) is 94.9 Å². The summed E-state index contributed by atoms with van der Waals surface area (Å²) in [7, 11) is 0. The van der Waals surface area contributed by atoms with Crippen molar-refractivity contribution in [1.29, 1.82) is 0 Å². The van der Waals surface area contributed by atoms with Crippen LogP contribution in [0.3, 0.4) is 0 Å². The largest absolute Gasteiger partial charge is 0.460 e. The molecule has 0 aliphatic rings. The molecule has 1 atom stereocenters. The van der Waals surface area contributed by atoms with Crippen molar-refractivity contribution in [3.63, 3.8) is 0 Å². The SMILES string of the molecule is CC(C)(C)OC(=O)CCC(N)C(=O)OC(C)(C)CCC(C)(C)C(=O)C(C)(C)C. The van der Waals surface area contributed by atoms with Gasteiger partial charge < -0.3 is 15.2 Å². The maximum absolute atomic E-state index is 12.6. The lowest BCUT2D eigenvalue weighted by molar-refractivity contribution is -0.160. The van der Waals surface area contributed by atoms with Gasteiger partial charge in [0.15, 0.2) is 0 Å². The number of hydrogen-bond donors (Lipinski definition) is 1. The Labute approximate surface area is 170 Å². The molecule has 0 saturated carbocycles. The van der Waals surface area contributed by atoms with Gasteiger partial charge in [0, 0.05) is 17.3 Å². The highest BCUT2D eigenvalue weighted by Gasteiger charge is 2.38. The highest BCUT2D eigenvalue weighted by atomic mass is 16.6. The Morgan fingerprint density at radius 1 is 0.821 bits per heavy atom. The fraction of sp³-hybridized carbons (Fsp3) is 0.864. The Kier molecular flexibility index (Phi) is 8.90. The summed E-state index contributed by atoms with van der Waals surface area (Å²) in [5.41, 5.74) is 3.63. The molecular formula is C22H41NO5. The number of nitrogens with two attached hydrogens (primary N) is 1. The molecule has 0 saturated heterocycles. The minimum atomic E-state index is -0.893. The Bertz CT molecular complexity index is 564. The zero-order valence-electron chi connectivity index (χ0n) is 19.5. The quantitative estimate of drug-likeness (QED) is 0.584. The zero-order valence-corrected chi connectivity index (χ0v) is 19.5. The van der Waals surface area contributed by atoms with Crippen LogP contribution in [0, 0.1) is 10.8 Å². The van der Waals surface area contributed by atoms with Gasteiger partial charge in [0.25, 0.3) is 0 Å². The molecule has 0 aliphatic heterocycles. The number of rotatable bonds is 9. The van der Waals surface area contributed by atoms with E-state index in [1.807, 2.05) is 48.5 Å². The lowest BCUT2D eigenvalue weighted by Crippen LogP contribution is -2.41. The van der Waals surface area contributed by atoms with E-state index in [9.17, 15) is 14.4 Å². The van der Waals surface area contributed by atoms with Gasteiger partial charge in [-0.2, -0.15) is 0 Å². The van der Waals surface area contributed by atoms with E-state index in [1.165, 1.54) is 0 Å². The van der Waals surface area contributed by atoms with Crippen molar-refractivity contribution in [2.75, 3.05) is 0 Å². The summed E-state index contributed by atoms with van der Waals surface area (Å²) >= 11 is 0. The number of ether oxygens (including phenoxy) is 2. The Morgan fingerprint density at radius 3 is 1.75 bits per heavy atom. The maximum Gasteiger partial charge on any atom is 0.323 e. The van der Waals surface area contributed by atoms with Gasteiger partial charge in [0.1, 0.15) is 23.0 Å². The minimum Gasteiger partial charge on any atom is -0.460 e. The van der Waals surface area contributed by atoms with Gasteiger partial charge >= 0.3 is 11.9 Å². The molecule has 0 aliphatic carbocycles. The molecule has 2 N–H and O–H groups in total. The van der Waals surface area contributed by atoms with Crippen molar-refractivity contribution < 1.29 is 23.9 Å². The molecule has 28 heavy (non-hydrogen) atoms. The minimum absolute atomic E-state index is 0.0566. The summed E-state index contributed by atoms with van der Waals surface area (Å²) in [6.45, 7) is 18.5. The number of ketones is 1. The van der Waals surface area contributed by atoms with Gasteiger partial charge in [-0.05, 0) is 53.9 Å². The molecule has 0 spiro atoms. The molecule has 0 amide bonds. The fourth-order valence-electron chi connectivity index (χ4n) is 2.93. The highest BCUT2D eigenvalue weighted by molar-refractivity contribution is 5.88. The van der Waals surface area contributed by atoms with Gasteiger partial charge in [-0.1, -0.05) is 34.6 Å². The molecule has 1 unspecified atom stereocenters. The molecule has 164 valence electrons. The van der Waals surface area contributed by atoms with E-state index < -0.39 is 40.0 Å². The van der Waals surface area contributed by atoms with Crippen molar-refractivity contribution in [2.24, 2.45) is 16.6 Å². The summed E-state index contributed by atoms with van der Waals surface area (Å²) in [4.78, 5) is 36.7. The summed E-state index contributed by atoms with van der Waals surface area (Å²) < 4.78 is 10.8. The van der Waals surface area contributed by atoms with Crippen molar-refractivity contribution >= 4 is 17.7 Å². The number of Topliss-reactive ketones (excluding diaryl/α,β-unsaturated/α-hetero) is 1. The third kappa shape index (κ3) is 10.2. The first-order valence-electron chi connectivity index (χ1n) is 10.0. The number of hydrogen-bond acceptors (Lipinski definition) is 6. The Balaban J connectivity index is 4.65. The van der Waals surface area contributed by atoms with Crippen LogP contribution in [0.2, 0.25) is 0 Å². The van der Waals surface area contributed by atoms with Crippen LogP contribution in [0.25, 0.3) is 0 Å². The van der Waals surface area contributed by atoms with Crippen LogP contribution >= 0.6 is 0 Å². The van der Waals surface area contributed by atoms with Crippen LogP contribution in [0.4, 0.5) is 0 Å². The van der Waals surface area contributed by atoms with Crippen LogP contribution in [0.15, 0.2) is 0 Å². The summed E-state index contributed by atoms with van der Waals surface area (Å²) in [5.74, 6) is -0.762. The molecule has 6 heteroatoms. The predicted molar refractivity (Wildman–Crippen MR) is 111 cm³/mol. The summed E-state index contributed by atoms with van der Waals surface area (Å²) in [6.07, 6.45) is 1.35. The van der Waals surface area contributed by atoms with E-state index in [0.29, 0.717) is 12.8 Å². The molecule has 0 aromatic carbocycles. The standard InChI is InChI=1S/C22H41NO5/c1-19(2,3)18(26)21(7,8)13-14-22(9,10)28-17(25)15(23)11-12-16(24)27-20(4,5)6/h15H,11-14,23H2,1-10H3. The maximum atomic E-state index is 12.6. The fourth-order valence-corrected chi connectivity index (χ4v) is 2.93. The van der Waals surface area contributed by atoms with Gasteiger partial charge in [-0.15, -0.1) is 0 Å². The zero-order chi connectivity index (χ0) is 22.6. The first-order chi connectivity index (χ1) is 12.3. The van der Waals surface area contributed by atoms with E-state index in [1.54, 1.807) is 20.8 Å². The van der Waals surface area contributed by atoms with Crippen LogP contribution in [-0.2, 0) is 23.9 Å². The van der Waals surface area contributed by atoms with E-state index in [-0.39, 0.29) is 18.6 Å². The lowest BCUT2D eigenvalue weighted by Gasteiger charge is -2.34. The first kappa shape index (κ1) is 26.6. The molecule has 0 rings (SSSR count). The average molecular weight is 400 g/mol. The Hall–Kier alpha value is -1.43. The van der Waals surface area contributed by atoms with Gasteiger partial charge in [-0.25, -0.2) is 0 Å². The second-order valence-corrected chi connectivity index (χ2v) is 10.9. The normalized spacial score (nSPS) is 14.4. The Morgan fingerprint density at radius 2 is 1.32 bits per heavy atom. The second-order valence-electron chi connectivity index (χ2n) is 10.9. The number of carbonyl (C=O) groups excluding carboxylic acids is 3. The molecule has 6 nitrogen and oxygen atoms in total. The van der Waals surface area contributed by atoms with E-state index >= 15 is 0 Å². The average Bonchev–Trinajstić information content (AvgIpc) is 2.47. The molecular weight excluding hydrogens is 358 g/mol. The topological polar surface area (TPSA) is 95.7 Å². The van der Waals surface area contributed by atoms with Gasteiger partial charge in [0.2, 0.25) is 0 Å². The molecule has 0 radical (unpaired) electrons. The van der Waals surface area contributed by atoms with Crippen LogP contribution in [0.5, 0.6) is 0 Å². The van der Waals surface area contributed by atoms with E-state index in [0.717, 1.165) is 0 Å². The van der Waals surface area contributed by atoms with Crippen molar-refractivity contribution in [2.45, 2.75) is 112 Å². The lowest BCUT2D eigenvalue weighted by atomic mass is 9.71. The third-order valence-electron chi connectivity index (χ3n) is 4.41. The predicted octanol–water partition coefficient (Wildman–Crippen LogP) is 4.18. The summed E-state index contributed by atoms with van der Waals surface area (Å²) in [6, 6.07) is -0.893. The second kappa shape index (κ2) is 9.38. The van der Waals surface area contributed by atoms with E-state index in [4.69, 9.17) is 15.2 Å².